The second-order valence-corrected chi connectivity index (χ2v) is 13.8. The van der Waals surface area contributed by atoms with E-state index in [0.717, 1.165) is 71.1 Å². The smallest absolute Gasteiger partial charge is 0.410 e. The van der Waals surface area contributed by atoms with Crippen molar-refractivity contribution in [3.8, 4) is 0 Å². The molecule has 9 nitrogen and oxygen atoms in total. The van der Waals surface area contributed by atoms with Crippen LogP contribution in [0, 0.1) is 0 Å². The van der Waals surface area contributed by atoms with Crippen molar-refractivity contribution in [2.75, 3.05) is 26.3 Å². The summed E-state index contributed by atoms with van der Waals surface area (Å²) in [5.41, 5.74) is -1.47. The van der Waals surface area contributed by atoms with Gasteiger partial charge < -0.3 is 29.1 Å². The Balaban J connectivity index is 0.000000346. The predicted octanol–water partition coefficient (Wildman–Crippen LogP) is 6.88. The minimum Gasteiger partial charge on any atom is -0.444 e. The van der Waals surface area contributed by atoms with E-state index in [1.54, 1.807) is 11.8 Å². The number of amides is 2. The molecule has 2 amide bonds. The molecule has 0 radical (unpaired) electrons. The Morgan fingerprint density at radius 3 is 1.61 bits per heavy atom. The Labute approximate surface area is 249 Å². The first kappa shape index (κ1) is 37.2. The monoisotopic (exact) mass is 584 g/mol. The van der Waals surface area contributed by atoms with Crippen LogP contribution in [0.3, 0.4) is 0 Å². The lowest BCUT2D eigenvalue weighted by molar-refractivity contribution is -0.117. The van der Waals surface area contributed by atoms with Crippen LogP contribution in [-0.2, 0) is 19.0 Å². The van der Waals surface area contributed by atoms with Crippen molar-refractivity contribution in [1.29, 1.82) is 0 Å². The van der Waals surface area contributed by atoms with Gasteiger partial charge >= 0.3 is 12.2 Å². The third-order valence-corrected chi connectivity index (χ3v) is 7.51. The van der Waals surface area contributed by atoms with E-state index in [-0.39, 0.29) is 37.5 Å². The van der Waals surface area contributed by atoms with Gasteiger partial charge in [0.05, 0.1) is 5.60 Å². The summed E-state index contributed by atoms with van der Waals surface area (Å²) in [7, 11) is 0. The van der Waals surface area contributed by atoms with E-state index < -0.39 is 16.8 Å². The van der Waals surface area contributed by atoms with Gasteiger partial charge in [-0.15, -0.1) is 0 Å². The molecule has 3 heterocycles. The molecule has 0 aromatic carbocycles. The summed E-state index contributed by atoms with van der Waals surface area (Å²) in [5.74, 6) is 0.125. The number of carbonyl (C=O) groups excluding carboxylic acids is 3. The molecule has 2 atom stereocenters. The SMILES string of the molecule is C.C1CCOC1.CC(=O)C[C@@H]1CCCN1C(=O)OC(C)(C)C.CC(C)(C)OC(=O)N1CCC[C@H]1CC1(O)CCCC1. The molecule has 3 aliphatic heterocycles. The van der Waals surface area contributed by atoms with Crippen LogP contribution >= 0.6 is 0 Å². The summed E-state index contributed by atoms with van der Waals surface area (Å²) in [4.78, 5) is 38.6. The molecule has 4 aliphatic rings. The van der Waals surface area contributed by atoms with Gasteiger partial charge in [-0.3, -0.25) is 4.79 Å². The first-order valence-corrected chi connectivity index (χ1v) is 15.4. The summed E-state index contributed by atoms with van der Waals surface area (Å²) in [6.45, 7) is 16.2. The first-order valence-electron chi connectivity index (χ1n) is 15.4. The molecule has 4 rings (SSSR count). The number of nitrogens with zero attached hydrogens (tertiary/aromatic N) is 2. The molecule has 0 spiro atoms. The van der Waals surface area contributed by atoms with Gasteiger partial charge in [-0.1, -0.05) is 20.3 Å². The van der Waals surface area contributed by atoms with Gasteiger partial charge in [-0.25, -0.2) is 9.59 Å². The molecule has 1 saturated carbocycles. The van der Waals surface area contributed by atoms with Crippen LogP contribution in [0.25, 0.3) is 0 Å². The maximum atomic E-state index is 12.2. The van der Waals surface area contributed by atoms with Crippen molar-refractivity contribution in [1.82, 2.24) is 9.80 Å². The first-order chi connectivity index (χ1) is 18.6. The van der Waals surface area contributed by atoms with Gasteiger partial charge in [-0.05, 0) is 106 Å². The molecule has 0 aromatic rings. The molecule has 1 aliphatic carbocycles. The second kappa shape index (κ2) is 16.7. The van der Waals surface area contributed by atoms with Gasteiger partial charge in [0.1, 0.15) is 17.0 Å². The highest BCUT2D eigenvalue weighted by atomic mass is 16.6. The number of hydrogen-bond donors (Lipinski definition) is 1. The van der Waals surface area contributed by atoms with Crippen LogP contribution in [0.15, 0.2) is 0 Å². The number of likely N-dealkylation sites (tertiary alicyclic amines) is 2. The Morgan fingerprint density at radius 2 is 1.22 bits per heavy atom. The third kappa shape index (κ3) is 14.2. The maximum Gasteiger partial charge on any atom is 0.410 e. The van der Waals surface area contributed by atoms with Crippen molar-refractivity contribution in [2.45, 2.75) is 162 Å². The Bertz CT molecular complexity index is 800. The zero-order chi connectivity index (χ0) is 30.0. The zero-order valence-electron chi connectivity index (χ0n) is 26.3. The molecule has 0 bridgehead atoms. The highest BCUT2D eigenvalue weighted by Crippen LogP contribution is 2.37. The van der Waals surface area contributed by atoms with Crippen molar-refractivity contribution in [3.05, 3.63) is 0 Å². The van der Waals surface area contributed by atoms with E-state index >= 15 is 0 Å². The average Bonchev–Trinajstić information content (AvgIpc) is 3.61. The Kier molecular flexibility index (Phi) is 15.1. The standard InChI is InChI=1S/C15H27NO3.C12H21NO3.C4H8O.CH4/c1-14(2,3)19-13(17)16-10-6-7-12(16)11-15(18)8-4-5-9-15;1-9(14)8-10-6-5-7-13(10)11(15)16-12(2,3)4;1-2-4-5-3-1;/h12,18H,4-11H2,1-3H3;10H,5-8H2,1-4H3;1-4H2;1H4/t12-;10-;;/m00../s1. The fraction of sp³-hybridized carbons (Fsp3) is 0.906. The third-order valence-electron chi connectivity index (χ3n) is 7.51. The van der Waals surface area contributed by atoms with Crippen molar-refractivity contribution >= 4 is 18.0 Å². The number of ether oxygens (including phenoxy) is 3. The number of rotatable bonds is 4. The Hall–Kier alpha value is -1.87. The zero-order valence-corrected chi connectivity index (χ0v) is 26.3. The van der Waals surface area contributed by atoms with Crippen molar-refractivity contribution in [2.24, 2.45) is 0 Å². The van der Waals surface area contributed by atoms with Gasteiger partial charge in [0.2, 0.25) is 0 Å². The topological polar surface area (TPSA) is 106 Å². The van der Waals surface area contributed by atoms with Crippen LogP contribution < -0.4 is 0 Å². The van der Waals surface area contributed by atoms with E-state index in [1.165, 1.54) is 12.8 Å². The molecule has 3 saturated heterocycles. The fourth-order valence-electron chi connectivity index (χ4n) is 5.74. The molecular weight excluding hydrogens is 524 g/mol. The molecule has 0 unspecified atom stereocenters. The van der Waals surface area contributed by atoms with Crippen LogP contribution in [0.2, 0.25) is 0 Å². The quantitative estimate of drug-likeness (QED) is 0.384. The minimum atomic E-state index is -0.546. The molecule has 41 heavy (non-hydrogen) atoms. The summed E-state index contributed by atoms with van der Waals surface area (Å²) in [6.07, 6.45) is 11.0. The lowest BCUT2D eigenvalue weighted by Crippen LogP contribution is -2.43. The molecule has 1 N–H and O–H groups in total. The highest BCUT2D eigenvalue weighted by molar-refractivity contribution is 5.77. The lowest BCUT2D eigenvalue weighted by atomic mass is 9.92. The highest BCUT2D eigenvalue weighted by Gasteiger charge is 2.40. The lowest BCUT2D eigenvalue weighted by Gasteiger charge is -2.32. The minimum absolute atomic E-state index is 0. The normalized spacial score (nSPS) is 23.5. The van der Waals surface area contributed by atoms with Gasteiger partial charge in [0.15, 0.2) is 0 Å². The van der Waals surface area contributed by atoms with E-state index in [1.807, 2.05) is 46.4 Å². The Morgan fingerprint density at radius 1 is 0.780 bits per heavy atom. The summed E-state index contributed by atoms with van der Waals surface area (Å²) in [5, 5.41) is 10.5. The van der Waals surface area contributed by atoms with Gasteiger partial charge in [-0.2, -0.15) is 0 Å². The molecule has 240 valence electrons. The van der Waals surface area contributed by atoms with Gasteiger partial charge in [0.25, 0.3) is 0 Å². The molecule has 0 aromatic heterocycles. The van der Waals surface area contributed by atoms with Crippen LogP contribution in [0.4, 0.5) is 9.59 Å². The molecular formula is C32H60N2O7. The van der Waals surface area contributed by atoms with Crippen LogP contribution in [0.5, 0.6) is 0 Å². The van der Waals surface area contributed by atoms with Crippen molar-refractivity contribution in [3.63, 3.8) is 0 Å². The maximum absolute atomic E-state index is 12.2. The summed E-state index contributed by atoms with van der Waals surface area (Å²) >= 11 is 0. The van der Waals surface area contributed by atoms with E-state index in [0.29, 0.717) is 19.4 Å². The average molecular weight is 585 g/mol. The number of hydrogen-bond acceptors (Lipinski definition) is 7. The van der Waals surface area contributed by atoms with E-state index in [9.17, 15) is 19.5 Å². The molecule has 4 fully saturated rings. The van der Waals surface area contributed by atoms with E-state index in [2.05, 4.69) is 0 Å². The predicted molar refractivity (Wildman–Crippen MR) is 162 cm³/mol. The number of carbonyl (C=O) groups is 3. The number of ketones is 1. The number of aliphatic hydroxyl groups is 1. The largest absolute Gasteiger partial charge is 0.444 e. The van der Waals surface area contributed by atoms with Crippen LogP contribution in [0.1, 0.15) is 133 Å². The van der Waals surface area contributed by atoms with E-state index in [4.69, 9.17) is 14.2 Å². The fourth-order valence-corrected chi connectivity index (χ4v) is 5.74. The molecule has 9 heteroatoms. The van der Waals surface area contributed by atoms with Crippen molar-refractivity contribution < 1.29 is 33.7 Å². The van der Waals surface area contributed by atoms with Crippen LogP contribution in [-0.4, -0.2) is 88.1 Å². The summed E-state index contributed by atoms with van der Waals surface area (Å²) in [6, 6.07) is 0.185. The summed E-state index contributed by atoms with van der Waals surface area (Å²) < 4.78 is 15.7. The number of Topliss-reactive ketones (excluding diaryl/α,β-unsaturated/α-hetero) is 1. The second-order valence-electron chi connectivity index (χ2n) is 13.8. The van der Waals surface area contributed by atoms with Gasteiger partial charge in [0, 0.05) is 44.8 Å².